The summed E-state index contributed by atoms with van der Waals surface area (Å²) < 4.78 is 54.5. The molecule has 0 fully saturated rings. The van der Waals surface area contributed by atoms with E-state index in [1.165, 1.54) is 42.2 Å². The maximum Gasteiger partial charge on any atom is 0.266 e. The van der Waals surface area contributed by atoms with Crippen LogP contribution in [0.5, 0.6) is 0 Å². The lowest BCUT2D eigenvalue weighted by atomic mass is 10.1. The molecule has 5 nitrogen and oxygen atoms in total. The molecule has 2 aromatic heterocycles. The average Bonchev–Trinajstić information content (AvgIpc) is 2.65. The highest BCUT2D eigenvalue weighted by Gasteiger charge is 2.16. The number of fused-ring (bicyclic) bond motifs is 1. The number of pyridine rings is 1. The monoisotopic (exact) mass is 406 g/mol. The molecule has 1 N–H and O–H groups in total. The van der Waals surface area contributed by atoms with Gasteiger partial charge in [-0.2, -0.15) is 0 Å². The number of aromatic nitrogens is 3. The smallest absolute Gasteiger partial charge is 0.266 e. The van der Waals surface area contributed by atoms with E-state index in [9.17, 15) is 22.4 Å². The summed E-state index contributed by atoms with van der Waals surface area (Å²) in [5.41, 5.74) is -0.478. The molecule has 0 radical (unpaired) electrons. The van der Waals surface area contributed by atoms with Gasteiger partial charge >= 0.3 is 0 Å². The molecule has 0 amide bonds. The van der Waals surface area contributed by atoms with E-state index in [-0.39, 0.29) is 30.0 Å². The van der Waals surface area contributed by atoms with Crippen molar-refractivity contribution in [3.63, 3.8) is 0 Å². The molecular weight excluding hydrogens is 388 g/mol. The Morgan fingerprint density at radius 2 is 2.03 bits per heavy atom. The van der Waals surface area contributed by atoms with Gasteiger partial charge in [-0.25, -0.2) is 27.5 Å². The number of halogens is 4. The van der Waals surface area contributed by atoms with E-state index < -0.39 is 29.5 Å². The van der Waals surface area contributed by atoms with Crippen molar-refractivity contribution in [3.8, 4) is 0 Å². The predicted molar refractivity (Wildman–Crippen MR) is 103 cm³/mol. The maximum absolute atomic E-state index is 14.2. The standard InChI is InChI=1S/C20H18F4N4O/c1-11(21)6-12(2)28-9-15-16(7-17(28)29)26-10-27-20(15)25-8-13-4-3-5-14(18(13)22)19(23)24/h3-5,7,9-11,19H,2,6,8H2,1H3,(H,25,26,27). The lowest BCUT2D eigenvalue weighted by Crippen LogP contribution is -2.19. The maximum atomic E-state index is 14.2. The zero-order chi connectivity index (χ0) is 21.1. The van der Waals surface area contributed by atoms with Crippen molar-refractivity contribution < 1.29 is 17.6 Å². The molecule has 3 rings (SSSR count). The number of benzene rings is 1. The fourth-order valence-electron chi connectivity index (χ4n) is 2.93. The predicted octanol–water partition coefficient (Wildman–Crippen LogP) is 4.70. The van der Waals surface area contributed by atoms with E-state index in [4.69, 9.17) is 0 Å². The van der Waals surface area contributed by atoms with Crippen molar-refractivity contribution in [3.05, 3.63) is 70.7 Å². The summed E-state index contributed by atoms with van der Waals surface area (Å²) >= 11 is 0. The van der Waals surface area contributed by atoms with Gasteiger partial charge in [0.05, 0.1) is 16.5 Å². The third-order valence-corrected chi connectivity index (χ3v) is 4.32. The first-order valence-corrected chi connectivity index (χ1v) is 8.77. The van der Waals surface area contributed by atoms with Crippen LogP contribution in [-0.2, 0) is 6.54 Å². The van der Waals surface area contributed by atoms with Gasteiger partial charge in [-0.3, -0.25) is 9.36 Å². The highest BCUT2D eigenvalue weighted by Crippen LogP contribution is 2.25. The van der Waals surface area contributed by atoms with Crippen LogP contribution in [0.25, 0.3) is 16.6 Å². The van der Waals surface area contributed by atoms with E-state index >= 15 is 0 Å². The van der Waals surface area contributed by atoms with Crippen molar-refractivity contribution in [2.24, 2.45) is 0 Å². The van der Waals surface area contributed by atoms with Gasteiger partial charge in [0, 0.05) is 36.5 Å². The molecule has 9 heteroatoms. The second-order valence-electron chi connectivity index (χ2n) is 6.53. The molecule has 0 bridgehead atoms. The molecule has 0 aliphatic rings. The van der Waals surface area contributed by atoms with Gasteiger partial charge in [0.1, 0.15) is 24.1 Å². The van der Waals surface area contributed by atoms with E-state index in [2.05, 4.69) is 21.9 Å². The molecule has 3 aromatic rings. The quantitative estimate of drug-likeness (QED) is 0.578. The van der Waals surface area contributed by atoms with Gasteiger partial charge in [-0.15, -0.1) is 0 Å². The van der Waals surface area contributed by atoms with Crippen LogP contribution in [0.2, 0.25) is 0 Å². The third kappa shape index (κ3) is 4.44. The average molecular weight is 406 g/mol. The molecule has 0 saturated heterocycles. The molecule has 1 atom stereocenters. The summed E-state index contributed by atoms with van der Waals surface area (Å²) in [6, 6.07) is 5.02. The number of hydrogen-bond donors (Lipinski definition) is 1. The van der Waals surface area contributed by atoms with Gasteiger partial charge in [0.25, 0.3) is 12.0 Å². The second kappa shape index (κ2) is 8.42. The summed E-state index contributed by atoms with van der Waals surface area (Å²) in [6.45, 7) is 4.98. The lowest BCUT2D eigenvalue weighted by molar-refractivity contribution is 0.146. The Hall–Kier alpha value is -3.23. The Bertz CT molecular complexity index is 1110. The molecule has 29 heavy (non-hydrogen) atoms. The Morgan fingerprint density at radius 3 is 2.72 bits per heavy atom. The van der Waals surface area contributed by atoms with E-state index in [0.717, 1.165) is 6.07 Å². The van der Waals surface area contributed by atoms with Crippen LogP contribution in [0.4, 0.5) is 23.4 Å². The Labute approximate surface area is 163 Å². The van der Waals surface area contributed by atoms with Crippen LogP contribution in [0, 0.1) is 5.82 Å². The van der Waals surface area contributed by atoms with Gasteiger partial charge in [0.15, 0.2) is 0 Å². The van der Waals surface area contributed by atoms with Crippen LogP contribution in [0.3, 0.4) is 0 Å². The molecular formula is C20H18F4N4O. The van der Waals surface area contributed by atoms with Crippen LogP contribution in [0.15, 0.2) is 48.2 Å². The SMILES string of the molecule is C=C(CC(C)F)n1cc2c(NCc3cccc(C(F)F)c3F)ncnc2cc1=O. The zero-order valence-corrected chi connectivity index (χ0v) is 15.5. The lowest BCUT2D eigenvalue weighted by Gasteiger charge is -2.13. The number of nitrogens with one attached hydrogen (secondary N) is 1. The first-order chi connectivity index (χ1) is 13.8. The topological polar surface area (TPSA) is 59.8 Å². The minimum atomic E-state index is -2.92. The Morgan fingerprint density at radius 1 is 1.28 bits per heavy atom. The van der Waals surface area contributed by atoms with Crippen molar-refractivity contribution in [2.45, 2.75) is 32.5 Å². The summed E-state index contributed by atoms with van der Waals surface area (Å²) in [5, 5.41) is 3.30. The molecule has 1 unspecified atom stereocenters. The van der Waals surface area contributed by atoms with Gasteiger partial charge < -0.3 is 5.32 Å². The minimum absolute atomic E-state index is 0.0342. The minimum Gasteiger partial charge on any atom is -0.365 e. The number of allylic oxidation sites excluding steroid dienone is 1. The summed E-state index contributed by atoms with van der Waals surface area (Å²) in [6.07, 6.45) is -1.49. The van der Waals surface area contributed by atoms with Crippen molar-refractivity contribution in [1.29, 1.82) is 0 Å². The summed E-state index contributed by atoms with van der Waals surface area (Å²) in [7, 11) is 0. The Balaban J connectivity index is 1.95. The number of alkyl halides is 3. The highest BCUT2D eigenvalue weighted by atomic mass is 19.3. The molecule has 0 spiro atoms. The van der Waals surface area contributed by atoms with Crippen molar-refractivity contribution >= 4 is 22.4 Å². The highest BCUT2D eigenvalue weighted by molar-refractivity contribution is 5.88. The number of nitrogens with zero attached hydrogens (tertiary/aromatic N) is 3. The summed E-state index contributed by atoms with van der Waals surface area (Å²) in [4.78, 5) is 20.4. The first kappa shape index (κ1) is 20.5. The molecule has 2 heterocycles. The molecule has 152 valence electrons. The fourth-order valence-corrected chi connectivity index (χ4v) is 2.93. The van der Waals surface area contributed by atoms with E-state index in [0.29, 0.717) is 10.9 Å². The van der Waals surface area contributed by atoms with Gasteiger partial charge in [-0.05, 0) is 6.92 Å². The molecule has 0 saturated carbocycles. The summed E-state index contributed by atoms with van der Waals surface area (Å²) in [5.74, 6) is -0.720. The first-order valence-electron chi connectivity index (χ1n) is 8.77. The molecule has 0 aliphatic heterocycles. The largest absolute Gasteiger partial charge is 0.365 e. The van der Waals surface area contributed by atoms with E-state index in [1.54, 1.807) is 0 Å². The second-order valence-corrected chi connectivity index (χ2v) is 6.53. The van der Waals surface area contributed by atoms with Crippen LogP contribution >= 0.6 is 0 Å². The number of rotatable bonds is 7. The molecule has 0 aliphatic carbocycles. The van der Waals surface area contributed by atoms with Crippen LogP contribution in [0.1, 0.15) is 30.9 Å². The van der Waals surface area contributed by atoms with Crippen molar-refractivity contribution in [1.82, 2.24) is 14.5 Å². The van der Waals surface area contributed by atoms with Gasteiger partial charge in [0.2, 0.25) is 0 Å². The van der Waals surface area contributed by atoms with Gasteiger partial charge in [-0.1, -0.05) is 24.8 Å². The Kier molecular flexibility index (Phi) is 5.95. The third-order valence-electron chi connectivity index (χ3n) is 4.32. The zero-order valence-electron chi connectivity index (χ0n) is 15.5. The molecule has 1 aromatic carbocycles. The van der Waals surface area contributed by atoms with E-state index in [1.807, 2.05) is 0 Å². The fraction of sp³-hybridized carbons (Fsp3) is 0.250. The van der Waals surface area contributed by atoms with Crippen LogP contribution < -0.4 is 10.9 Å². The normalized spacial score (nSPS) is 12.3. The van der Waals surface area contributed by atoms with Crippen LogP contribution in [-0.4, -0.2) is 20.7 Å². The van der Waals surface area contributed by atoms with Crippen molar-refractivity contribution in [2.75, 3.05) is 5.32 Å². The number of anilines is 1. The number of hydrogen-bond acceptors (Lipinski definition) is 4.